The monoisotopic (exact) mass is 624 g/mol. The van der Waals surface area contributed by atoms with Crippen LogP contribution in [-0.4, -0.2) is 16.8 Å². The van der Waals surface area contributed by atoms with Gasteiger partial charge in [0, 0.05) is 0 Å². The smallest absolute Gasteiger partial charge is 0.206 e. The number of aryl methyl sites for hydroxylation is 1. The van der Waals surface area contributed by atoms with E-state index in [0.29, 0.717) is 12.2 Å². The zero-order valence-corrected chi connectivity index (χ0v) is 27.0. The van der Waals surface area contributed by atoms with Crippen molar-refractivity contribution in [2.24, 2.45) is 0 Å². The van der Waals surface area contributed by atoms with E-state index in [0.717, 1.165) is 29.5 Å². The highest BCUT2D eigenvalue weighted by molar-refractivity contribution is 7.91. The first-order chi connectivity index (χ1) is 19.8. The van der Waals surface area contributed by atoms with Gasteiger partial charge >= 0.3 is 0 Å². The highest BCUT2D eigenvalue weighted by Crippen LogP contribution is 2.37. The Morgan fingerprint density at radius 1 is 0.571 bits per heavy atom. The van der Waals surface area contributed by atoms with Gasteiger partial charge in [0.25, 0.3) is 0 Å². The normalized spacial score (nSPS) is 13.9. The molecule has 0 aliphatic carbocycles. The van der Waals surface area contributed by atoms with Gasteiger partial charge in [0.05, 0.1) is 24.5 Å². The summed E-state index contributed by atoms with van der Waals surface area (Å²) in [6.45, 7) is 9.84. The minimum Gasteiger partial charge on any atom is -0.483 e. The summed E-state index contributed by atoms with van der Waals surface area (Å²) in [6.07, 6.45) is 2.08. The molecule has 0 radical (unpaired) electrons. The largest absolute Gasteiger partial charge is 0.483 e. The number of hydrogen-bond acceptors (Lipinski definition) is 5. The second-order valence-corrected chi connectivity index (χ2v) is 15.3. The predicted octanol–water partition coefficient (Wildman–Crippen LogP) is 8.62. The van der Waals surface area contributed by atoms with Crippen LogP contribution in [0.1, 0.15) is 63.6 Å². The van der Waals surface area contributed by atoms with Crippen molar-refractivity contribution in [3.05, 3.63) is 114 Å². The van der Waals surface area contributed by atoms with E-state index in [4.69, 9.17) is 16.3 Å². The quantitative estimate of drug-likeness (QED) is 0.156. The van der Waals surface area contributed by atoms with Crippen molar-refractivity contribution in [1.29, 1.82) is 0 Å². The summed E-state index contributed by atoms with van der Waals surface area (Å²) in [7, 11) is -7.37. The van der Waals surface area contributed by atoms with Crippen molar-refractivity contribution in [3.8, 4) is 5.75 Å². The number of rotatable bonds is 11. The van der Waals surface area contributed by atoms with Gasteiger partial charge in [-0.3, -0.25) is 0 Å². The Labute approximate surface area is 255 Å². The maximum absolute atomic E-state index is 13.3. The summed E-state index contributed by atoms with van der Waals surface area (Å²) in [5, 5.41) is 0. The van der Waals surface area contributed by atoms with E-state index in [1.54, 1.807) is 84.9 Å². The second kappa shape index (κ2) is 12.2. The Kier molecular flexibility index (Phi) is 9.26. The Hall–Kier alpha value is -3.13. The van der Waals surface area contributed by atoms with E-state index >= 15 is 0 Å². The minimum atomic E-state index is -3.73. The molecule has 222 valence electrons. The first kappa shape index (κ1) is 31.8. The molecule has 4 rings (SSSR count). The molecule has 5 nitrogen and oxygen atoms in total. The number of benzene rings is 4. The molecule has 42 heavy (non-hydrogen) atoms. The van der Waals surface area contributed by atoms with Crippen LogP contribution < -0.4 is 4.74 Å². The van der Waals surface area contributed by atoms with Crippen molar-refractivity contribution >= 4 is 31.3 Å². The lowest BCUT2D eigenvalue weighted by Crippen LogP contribution is -2.28. The van der Waals surface area contributed by atoms with E-state index < -0.39 is 30.1 Å². The molecule has 0 bridgehead atoms. The molecule has 0 aliphatic rings. The Morgan fingerprint density at radius 2 is 0.929 bits per heavy atom. The summed E-state index contributed by atoms with van der Waals surface area (Å²) in [5.74, 6) is 0.503. The first-order valence-corrected chi connectivity index (χ1v) is 17.4. The molecule has 0 saturated carbocycles. The molecular weight excluding hydrogens is 588 g/mol. The number of halogens is 1. The molecule has 0 N–H and O–H groups in total. The van der Waals surface area contributed by atoms with Gasteiger partial charge in [-0.25, -0.2) is 16.8 Å². The number of alkyl halides is 1. The van der Waals surface area contributed by atoms with Crippen LogP contribution in [0.3, 0.4) is 0 Å². The van der Waals surface area contributed by atoms with Gasteiger partial charge in [-0.2, -0.15) is 0 Å². The molecule has 1 atom stereocenters. The van der Waals surface area contributed by atoms with Gasteiger partial charge in [0.15, 0.2) is 0 Å². The van der Waals surface area contributed by atoms with E-state index in [1.165, 1.54) is 12.1 Å². The van der Waals surface area contributed by atoms with Crippen molar-refractivity contribution < 1.29 is 21.6 Å². The van der Waals surface area contributed by atoms with Crippen molar-refractivity contribution in [2.45, 2.75) is 83.9 Å². The molecule has 0 aliphatic heterocycles. The highest BCUT2D eigenvalue weighted by Gasteiger charge is 2.29. The predicted molar refractivity (Wildman–Crippen MR) is 168 cm³/mol. The van der Waals surface area contributed by atoms with Crippen molar-refractivity contribution in [1.82, 2.24) is 0 Å². The fraction of sp³-hybridized carbons (Fsp3) is 0.294. The molecule has 0 spiro atoms. The lowest BCUT2D eigenvalue weighted by Gasteiger charge is -2.30. The molecular formula is C34H37ClO5S2. The zero-order chi connectivity index (χ0) is 30.8. The minimum absolute atomic E-state index is 0.162. The van der Waals surface area contributed by atoms with Crippen molar-refractivity contribution in [3.63, 3.8) is 0 Å². The topological polar surface area (TPSA) is 77.5 Å². The molecule has 1 unspecified atom stereocenters. The fourth-order valence-electron chi connectivity index (χ4n) is 4.85. The molecule has 0 saturated heterocycles. The van der Waals surface area contributed by atoms with Crippen LogP contribution in [0.5, 0.6) is 5.75 Å². The number of hydrogen-bond donors (Lipinski definition) is 0. The number of sulfone groups is 2. The van der Waals surface area contributed by atoms with Gasteiger partial charge in [0.2, 0.25) is 19.7 Å². The van der Waals surface area contributed by atoms with E-state index in [2.05, 4.69) is 0 Å². The van der Waals surface area contributed by atoms with E-state index in [9.17, 15) is 16.8 Å². The van der Waals surface area contributed by atoms with Crippen molar-refractivity contribution in [2.75, 3.05) is 0 Å². The van der Waals surface area contributed by atoms with Crippen LogP contribution >= 0.6 is 11.6 Å². The van der Waals surface area contributed by atoms with E-state index in [1.807, 2.05) is 34.6 Å². The Morgan fingerprint density at radius 3 is 1.31 bits per heavy atom. The van der Waals surface area contributed by atoms with Crippen LogP contribution in [0.15, 0.2) is 117 Å². The summed E-state index contributed by atoms with van der Waals surface area (Å²) in [5.41, 5.74) is 1.92. The fourth-order valence-corrected chi connectivity index (χ4v) is 7.50. The summed E-state index contributed by atoms with van der Waals surface area (Å²) >= 11 is 6.71. The van der Waals surface area contributed by atoms with Gasteiger partial charge in [0.1, 0.15) is 11.4 Å². The molecule has 0 amide bonds. The highest BCUT2D eigenvalue weighted by atomic mass is 35.5. The lowest BCUT2D eigenvalue weighted by molar-refractivity contribution is 0.0825. The maximum atomic E-state index is 13.3. The Bertz CT molecular complexity index is 1730. The zero-order valence-electron chi connectivity index (χ0n) is 24.6. The average Bonchev–Trinajstić information content (AvgIpc) is 3.01. The third-order valence-electron chi connectivity index (χ3n) is 8.06. The van der Waals surface area contributed by atoms with Crippen LogP contribution in [0, 0.1) is 6.92 Å². The van der Waals surface area contributed by atoms with Gasteiger partial charge < -0.3 is 4.74 Å². The molecule has 8 heteroatoms. The molecule has 0 heterocycles. The standard InChI is InChI=1S/C34H37ClO5S2/c1-6-33(5,26-11-19-30(20-12-26)41(36,37)29-17-9-25(4)10-18-29)40-28-15-23-32(24-16-28)42(38,39)31-21-13-27(14-22-31)34(35,7-2)8-3/h9-24H,6-8H2,1-5H3. The van der Waals surface area contributed by atoms with Crippen LogP contribution in [0.2, 0.25) is 0 Å². The maximum Gasteiger partial charge on any atom is 0.206 e. The summed E-state index contributed by atoms with van der Waals surface area (Å²) < 4.78 is 59.2. The molecule has 4 aromatic carbocycles. The van der Waals surface area contributed by atoms with Gasteiger partial charge in [-0.15, -0.1) is 11.6 Å². The SMILES string of the molecule is CCC(Cl)(CC)c1ccc(S(=O)(=O)c2ccc(OC(C)(CC)c3ccc(S(=O)(=O)c4ccc(C)cc4)cc3)cc2)cc1. The second-order valence-electron chi connectivity index (χ2n) is 10.7. The third-order valence-corrected chi connectivity index (χ3v) is 12.4. The third kappa shape index (κ3) is 6.29. The number of ether oxygens (including phenoxy) is 1. The van der Waals surface area contributed by atoms with Gasteiger partial charge in [-0.05, 0) is 105 Å². The summed E-state index contributed by atoms with van der Waals surface area (Å²) in [6, 6.07) is 26.6. The molecule has 4 aromatic rings. The van der Waals surface area contributed by atoms with E-state index in [-0.39, 0.29) is 19.6 Å². The molecule has 0 aromatic heterocycles. The first-order valence-electron chi connectivity index (χ1n) is 14.0. The Balaban J connectivity index is 1.53. The molecule has 0 fully saturated rings. The van der Waals surface area contributed by atoms with Crippen LogP contribution in [0.25, 0.3) is 0 Å². The van der Waals surface area contributed by atoms with Crippen LogP contribution in [0.4, 0.5) is 0 Å². The average molecular weight is 625 g/mol. The van der Waals surface area contributed by atoms with Crippen LogP contribution in [-0.2, 0) is 30.1 Å². The summed E-state index contributed by atoms with van der Waals surface area (Å²) in [4.78, 5) is 0.301. The van der Waals surface area contributed by atoms with Gasteiger partial charge in [-0.1, -0.05) is 62.7 Å². The lowest BCUT2D eigenvalue weighted by atomic mass is 9.93.